The van der Waals surface area contributed by atoms with Crippen molar-refractivity contribution in [3.05, 3.63) is 84.4 Å². The van der Waals surface area contributed by atoms with Crippen molar-refractivity contribution >= 4 is 17.5 Å². The third-order valence-corrected chi connectivity index (χ3v) is 3.79. The van der Waals surface area contributed by atoms with Crippen molar-refractivity contribution in [1.82, 2.24) is 14.4 Å². The van der Waals surface area contributed by atoms with E-state index in [-0.39, 0.29) is 11.7 Å². The molecule has 2 aromatic heterocycles. The van der Waals surface area contributed by atoms with Crippen LogP contribution in [0.15, 0.2) is 73.1 Å². The van der Waals surface area contributed by atoms with Crippen molar-refractivity contribution in [2.45, 2.75) is 0 Å². The maximum atomic E-state index is 13.2. The fourth-order valence-electron chi connectivity index (χ4n) is 2.59. The molecule has 0 atom stereocenters. The van der Waals surface area contributed by atoms with Gasteiger partial charge in [-0.3, -0.25) is 9.20 Å². The van der Waals surface area contributed by atoms with Crippen LogP contribution in [0.2, 0.25) is 0 Å². The second kappa shape index (κ2) is 6.16. The van der Waals surface area contributed by atoms with Gasteiger partial charge in [-0.1, -0.05) is 18.2 Å². The van der Waals surface area contributed by atoms with Crippen LogP contribution in [0, 0.1) is 5.82 Å². The summed E-state index contributed by atoms with van der Waals surface area (Å²) in [7, 11) is 0. The minimum Gasteiger partial charge on any atom is -0.306 e. The normalized spacial score (nSPS) is 10.8. The van der Waals surface area contributed by atoms with E-state index in [0.29, 0.717) is 28.4 Å². The number of carbonyl (C=O) groups is 1. The van der Waals surface area contributed by atoms with E-state index in [1.165, 1.54) is 12.1 Å². The molecule has 1 N–H and O–H groups in total. The van der Waals surface area contributed by atoms with Gasteiger partial charge in [-0.15, -0.1) is 0 Å². The highest BCUT2D eigenvalue weighted by Crippen LogP contribution is 2.28. The predicted molar refractivity (Wildman–Crippen MR) is 92.8 cm³/mol. The smallest absolute Gasteiger partial charge is 0.256 e. The predicted octanol–water partition coefficient (Wildman–Crippen LogP) is 3.79. The average molecular weight is 332 g/mol. The zero-order valence-electron chi connectivity index (χ0n) is 13.1. The minimum absolute atomic E-state index is 0.255. The molecule has 0 fully saturated rings. The van der Waals surface area contributed by atoms with Gasteiger partial charge in [0.15, 0.2) is 0 Å². The van der Waals surface area contributed by atoms with Gasteiger partial charge in [-0.2, -0.15) is 0 Å². The van der Waals surface area contributed by atoms with E-state index in [0.717, 1.165) is 0 Å². The Morgan fingerprint density at radius 3 is 2.52 bits per heavy atom. The Morgan fingerprint density at radius 2 is 1.76 bits per heavy atom. The molecule has 0 unspecified atom stereocenters. The molecular weight excluding hydrogens is 319 g/mol. The molecule has 6 heteroatoms. The number of anilines is 1. The summed E-state index contributed by atoms with van der Waals surface area (Å²) >= 11 is 0. The Hall–Kier alpha value is -3.54. The van der Waals surface area contributed by atoms with Gasteiger partial charge >= 0.3 is 0 Å². The summed E-state index contributed by atoms with van der Waals surface area (Å²) in [6.07, 6.45) is 3.39. The first-order valence-corrected chi connectivity index (χ1v) is 7.68. The van der Waals surface area contributed by atoms with Crippen LogP contribution in [0.5, 0.6) is 0 Å². The van der Waals surface area contributed by atoms with Crippen LogP contribution < -0.4 is 5.32 Å². The highest BCUT2D eigenvalue weighted by atomic mass is 19.1. The Labute approximate surface area is 142 Å². The standard InChI is InChI=1S/C19H13FN4O/c20-15-9-7-13(8-10-15)16-17(24-12-4-11-21-19(24)22-16)23-18(25)14-5-2-1-3-6-14/h1-12H,(H,23,25). The summed E-state index contributed by atoms with van der Waals surface area (Å²) in [5.74, 6) is 0.351. The summed E-state index contributed by atoms with van der Waals surface area (Å²) < 4.78 is 14.9. The van der Waals surface area contributed by atoms with Crippen molar-refractivity contribution in [2.75, 3.05) is 5.32 Å². The Bertz CT molecular complexity index is 1040. The molecule has 0 spiro atoms. The van der Waals surface area contributed by atoms with Crippen molar-refractivity contribution in [3.8, 4) is 11.3 Å². The summed E-state index contributed by atoms with van der Waals surface area (Å²) in [5, 5.41) is 2.89. The average Bonchev–Trinajstić information content (AvgIpc) is 3.02. The lowest BCUT2D eigenvalue weighted by atomic mass is 10.1. The second-order valence-corrected chi connectivity index (χ2v) is 5.43. The Kier molecular flexibility index (Phi) is 3.70. The van der Waals surface area contributed by atoms with Gasteiger partial charge in [0, 0.05) is 23.5 Å². The van der Waals surface area contributed by atoms with Gasteiger partial charge in [-0.05, 0) is 42.5 Å². The summed E-state index contributed by atoms with van der Waals surface area (Å²) in [6, 6.07) is 16.6. The molecule has 0 aliphatic rings. The number of fused-ring (bicyclic) bond motifs is 1. The van der Waals surface area contributed by atoms with Crippen LogP contribution in [0.3, 0.4) is 0 Å². The van der Waals surface area contributed by atoms with Crippen molar-refractivity contribution in [1.29, 1.82) is 0 Å². The number of carbonyl (C=O) groups excluding carboxylic acids is 1. The lowest BCUT2D eigenvalue weighted by Gasteiger charge is -2.07. The first-order chi connectivity index (χ1) is 12.2. The number of amides is 1. The lowest BCUT2D eigenvalue weighted by molar-refractivity contribution is 0.102. The van der Waals surface area contributed by atoms with E-state index in [1.54, 1.807) is 59.3 Å². The Balaban J connectivity index is 1.82. The van der Waals surface area contributed by atoms with E-state index in [9.17, 15) is 9.18 Å². The molecule has 0 bridgehead atoms. The molecule has 0 radical (unpaired) electrons. The Morgan fingerprint density at radius 1 is 1.00 bits per heavy atom. The highest BCUT2D eigenvalue weighted by Gasteiger charge is 2.17. The first kappa shape index (κ1) is 15.0. The minimum atomic E-state index is -0.333. The number of nitrogens with one attached hydrogen (secondary N) is 1. The van der Waals surface area contributed by atoms with E-state index >= 15 is 0 Å². The van der Waals surface area contributed by atoms with Crippen LogP contribution in [-0.2, 0) is 0 Å². The summed E-state index contributed by atoms with van der Waals surface area (Å²) in [4.78, 5) is 21.2. The largest absolute Gasteiger partial charge is 0.306 e. The van der Waals surface area contributed by atoms with Crippen molar-refractivity contribution in [3.63, 3.8) is 0 Å². The molecular formula is C19H13FN4O. The van der Waals surface area contributed by atoms with Crippen LogP contribution in [-0.4, -0.2) is 20.3 Å². The second-order valence-electron chi connectivity index (χ2n) is 5.43. The maximum Gasteiger partial charge on any atom is 0.256 e. The third-order valence-electron chi connectivity index (χ3n) is 3.79. The molecule has 0 aliphatic carbocycles. The topological polar surface area (TPSA) is 59.3 Å². The monoisotopic (exact) mass is 332 g/mol. The van der Waals surface area contributed by atoms with Crippen LogP contribution in [0.25, 0.3) is 17.0 Å². The molecule has 5 nitrogen and oxygen atoms in total. The van der Waals surface area contributed by atoms with Crippen molar-refractivity contribution in [2.24, 2.45) is 0 Å². The molecule has 25 heavy (non-hydrogen) atoms. The molecule has 122 valence electrons. The van der Waals surface area contributed by atoms with Crippen LogP contribution in [0.1, 0.15) is 10.4 Å². The highest BCUT2D eigenvalue weighted by molar-refractivity contribution is 6.05. The molecule has 0 aliphatic heterocycles. The van der Waals surface area contributed by atoms with Gasteiger partial charge in [0.05, 0.1) is 0 Å². The molecule has 4 rings (SSSR count). The number of rotatable bonds is 3. The third kappa shape index (κ3) is 2.85. The maximum absolute atomic E-state index is 13.2. The zero-order valence-corrected chi connectivity index (χ0v) is 13.1. The number of hydrogen-bond acceptors (Lipinski definition) is 3. The number of nitrogens with zero attached hydrogens (tertiary/aromatic N) is 3. The molecule has 4 aromatic rings. The molecule has 1 amide bonds. The summed E-state index contributed by atoms with van der Waals surface area (Å²) in [6.45, 7) is 0. The van der Waals surface area contributed by atoms with Gasteiger partial charge in [0.1, 0.15) is 17.3 Å². The van der Waals surface area contributed by atoms with E-state index in [2.05, 4.69) is 15.3 Å². The fourth-order valence-corrected chi connectivity index (χ4v) is 2.59. The number of aromatic nitrogens is 3. The zero-order chi connectivity index (χ0) is 17.2. The SMILES string of the molecule is O=C(Nc1c(-c2ccc(F)cc2)nc2ncccn12)c1ccccc1. The van der Waals surface area contributed by atoms with Crippen molar-refractivity contribution < 1.29 is 9.18 Å². The number of imidazole rings is 1. The van der Waals surface area contributed by atoms with Crippen LogP contribution in [0.4, 0.5) is 10.2 Å². The van der Waals surface area contributed by atoms with E-state index < -0.39 is 0 Å². The molecule has 2 aromatic carbocycles. The molecule has 2 heterocycles. The van der Waals surface area contributed by atoms with Gasteiger partial charge in [0.25, 0.3) is 5.91 Å². The number of benzene rings is 2. The fraction of sp³-hybridized carbons (Fsp3) is 0. The lowest BCUT2D eigenvalue weighted by Crippen LogP contribution is -2.14. The molecule has 0 saturated heterocycles. The summed E-state index contributed by atoms with van der Waals surface area (Å²) in [5.41, 5.74) is 1.75. The van der Waals surface area contributed by atoms with Gasteiger partial charge in [-0.25, -0.2) is 14.4 Å². The quantitative estimate of drug-likeness (QED) is 0.621. The van der Waals surface area contributed by atoms with Gasteiger partial charge in [0.2, 0.25) is 5.78 Å². The number of halogens is 1. The van der Waals surface area contributed by atoms with Crippen LogP contribution >= 0.6 is 0 Å². The van der Waals surface area contributed by atoms with Gasteiger partial charge < -0.3 is 5.32 Å². The molecule has 0 saturated carbocycles. The first-order valence-electron chi connectivity index (χ1n) is 7.68. The number of hydrogen-bond donors (Lipinski definition) is 1. The van der Waals surface area contributed by atoms with E-state index in [4.69, 9.17) is 0 Å². The van der Waals surface area contributed by atoms with E-state index in [1.807, 2.05) is 6.07 Å².